The largest absolute Gasteiger partial charge is 0.309 e. The summed E-state index contributed by atoms with van der Waals surface area (Å²) in [5.41, 5.74) is 24.2. The summed E-state index contributed by atoms with van der Waals surface area (Å²) in [7, 11) is 0. The van der Waals surface area contributed by atoms with Crippen LogP contribution >= 0.6 is 23.2 Å². The summed E-state index contributed by atoms with van der Waals surface area (Å²) >= 11 is 15.1. The van der Waals surface area contributed by atoms with Crippen molar-refractivity contribution in [3.05, 3.63) is 356 Å². The molecule has 414 valence electrons. The molecule has 0 heterocycles. The number of hydrogen-bond acceptors (Lipinski definition) is 2. The molecule has 0 aliphatic rings. The molecule has 0 radical (unpaired) electrons. The normalized spacial score (nSPS) is 12.1. The minimum absolute atomic E-state index is 0.624. The van der Waals surface area contributed by atoms with Gasteiger partial charge in [0, 0.05) is 22.7 Å². The summed E-state index contributed by atoms with van der Waals surface area (Å²) in [5.74, 6) is 0. The van der Waals surface area contributed by atoms with Gasteiger partial charge in [-0.2, -0.15) is 0 Å². The molecule has 2 nitrogen and oxygen atoms in total. The molecule has 10 rings (SSSR count). The van der Waals surface area contributed by atoms with Gasteiger partial charge in [0.25, 0.3) is 0 Å². The van der Waals surface area contributed by atoms with E-state index < -0.39 is 0 Å². The lowest BCUT2D eigenvalue weighted by molar-refractivity contribution is 1.13. The summed E-state index contributed by atoms with van der Waals surface area (Å²) in [5, 5.41) is 1.25. The molecule has 0 atom stereocenters. The third-order valence-electron chi connectivity index (χ3n) is 15.4. The number of nitrogens with zero attached hydrogens (tertiary/aromatic N) is 2. The predicted octanol–water partition coefficient (Wildman–Crippen LogP) is 23.4. The first-order chi connectivity index (χ1) is 41.1. The molecule has 84 heavy (non-hydrogen) atoms. The molecule has 0 N–H and O–H groups in total. The van der Waals surface area contributed by atoms with Crippen LogP contribution < -0.4 is 9.80 Å². The van der Waals surface area contributed by atoms with Crippen LogP contribution in [-0.2, 0) is 12.8 Å². The van der Waals surface area contributed by atoms with E-state index in [9.17, 15) is 0 Å². The lowest BCUT2D eigenvalue weighted by atomic mass is 9.91. The Kier molecular flexibility index (Phi) is 19.2. The minimum Gasteiger partial charge on any atom is -0.309 e. The Morgan fingerprint density at radius 2 is 0.702 bits per heavy atom. The smallest absolute Gasteiger partial charge is 0.0652 e. The van der Waals surface area contributed by atoms with E-state index in [-0.39, 0.29) is 0 Å². The molecule has 0 unspecified atom stereocenters. The van der Waals surface area contributed by atoms with Crippen LogP contribution in [0.25, 0.3) is 34.4 Å². The first-order valence-corrected chi connectivity index (χ1v) is 29.7. The van der Waals surface area contributed by atoms with Crippen molar-refractivity contribution in [2.24, 2.45) is 0 Å². The van der Waals surface area contributed by atoms with E-state index in [0.29, 0.717) is 10.0 Å². The van der Waals surface area contributed by atoms with Crippen molar-refractivity contribution in [1.82, 2.24) is 0 Å². The van der Waals surface area contributed by atoms with E-state index in [1.54, 1.807) is 0 Å². The van der Waals surface area contributed by atoms with Gasteiger partial charge in [-0.1, -0.05) is 256 Å². The van der Waals surface area contributed by atoms with Crippen molar-refractivity contribution in [1.29, 1.82) is 0 Å². The zero-order chi connectivity index (χ0) is 58.4. The van der Waals surface area contributed by atoms with Crippen LogP contribution in [0.5, 0.6) is 0 Å². The molecule has 0 saturated heterocycles. The van der Waals surface area contributed by atoms with Gasteiger partial charge in [-0.15, -0.1) is 0 Å². The molecule has 10 aromatic carbocycles. The number of hydrogen-bond donors (Lipinski definition) is 0. The highest BCUT2D eigenvalue weighted by molar-refractivity contribution is 6.35. The fourth-order valence-corrected chi connectivity index (χ4v) is 11.3. The number of rotatable bonds is 19. The van der Waals surface area contributed by atoms with E-state index in [2.05, 4.69) is 330 Å². The fourth-order valence-electron chi connectivity index (χ4n) is 10.8. The molecule has 0 aromatic heterocycles. The van der Waals surface area contributed by atoms with Crippen molar-refractivity contribution < 1.29 is 0 Å². The topological polar surface area (TPSA) is 6.48 Å². The maximum Gasteiger partial charge on any atom is 0.0652 e. The third-order valence-corrected chi connectivity index (χ3v) is 16.0. The second-order valence-corrected chi connectivity index (χ2v) is 22.0. The van der Waals surface area contributed by atoms with Crippen molar-refractivity contribution in [2.75, 3.05) is 9.80 Å². The standard InChI is InChI=1S/C80H70Cl2N2/c1-7-61-39-45-69(46-40-61)83(79-53-57(3)73(51-59(79)5)71(65-33-21-13-22-34-65)37-25-11-19-31-63-27-15-9-16-28-63)77-49-43-67(55-75(77)81)68-44-50-78(76(82)56-68)84(70-47-41-62(8-2)42-48-70)80-54-58(4)74(52-60(80)6)72(66-35-23-14-24-36-66)38-26-12-20-32-64-29-17-10-18-30-64/h9-56H,7-8H2,1-6H3. The zero-order valence-electron chi connectivity index (χ0n) is 48.8. The van der Waals surface area contributed by atoms with E-state index >= 15 is 0 Å². The Bertz CT molecular complexity index is 3790. The summed E-state index contributed by atoms with van der Waals surface area (Å²) < 4.78 is 0. The van der Waals surface area contributed by atoms with Crippen molar-refractivity contribution in [2.45, 2.75) is 54.4 Å². The van der Waals surface area contributed by atoms with Crippen molar-refractivity contribution in [3.63, 3.8) is 0 Å². The first kappa shape index (κ1) is 58.0. The van der Waals surface area contributed by atoms with Gasteiger partial charge in [0.2, 0.25) is 0 Å². The number of benzene rings is 10. The summed E-state index contributed by atoms with van der Waals surface area (Å²) in [6.07, 6.45) is 23.2. The van der Waals surface area contributed by atoms with Gasteiger partial charge in [0.05, 0.1) is 21.4 Å². The summed E-state index contributed by atoms with van der Waals surface area (Å²) in [6, 6.07) is 81.7. The van der Waals surface area contributed by atoms with E-state index in [1.165, 1.54) is 33.4 Å². The summed E-state index contributed by atoms with van der Waals surface area (Å²) in [6.45, 7) is 13.2. The van der Waals surface area contributed by atoms with Crippen LogP contribution in [0.1, 0.15) is 80.6 Å². The second-order valence-electron chi connectivity index (χ2n) is 21.2. The average Bonchev–Trinajstić information content (AvgIpc) is 1.80. The molecule has 0 bridgehead atoms. The number of allylic oxidation sites excluding steroid dienone is 8. The van der Waals surface area contributed by atoms with Gasteiger partial charge >= 0.3 is 0 Å². The van der Waals surface area contributed by atoms with E-state index in [4.69, 9.17) is 23.2 Å². The van der Waals surface area contributed by atoms with Gasteiger partial charge in [0.1, 0.15) is 0 Å². The van der Waals surface area contributed by atoms with Gasteiger partial charge in [-0.05, 0) is 202 Å². The van der Waals surface area contributed by atoms with Crippen LogP contribution in [0.2, 0.25) is 10.0 Å². The Balaban J connectivity index is 0.993. The molecule has 0 fully saturated rings. The number of halogens is 2. The molecule has 0 aliphatic heterocycles. The van der Waals surface area contributed by atoms with Gasteiger partial charge in [-0.3, -0.25) is 0 Å². The van der Waals surface area contributed by atoms with Crippen molar-refractivity contribution >= 4 is 80.6 Å². The van der Waals surface area contributed by atoms with Crippen LogP contribution in [0.15, 0.2) is 279 Å². The van der Waals surface area contributed by atoms with E-state index in [1.807, 2.05) is 12.1 Å². The molecule has 0 amide bonds. The summed E-state index contributed by atoms with van der Waals surface area (Å²) in [4.78, 5) is 4.59. The average molecular weight is 1130 g/mol. The van der Waals surface area contributed by atoms with Crippen LogP contribution in [0.4, 0.5) is 34.1 Å². The van der Waals surface area contributed by atoms with E-state index in [0.717, 1.165) is 103 Å². The lowest BCUT2D eigenvalue weighted by Gasteiger charge is -2.30. The number of aryl methyl sites for hydroxylation is 6. The Morgan fingerprint density at radius 1 is 0.345 bits per heavy atom. The third kappa shape index (κ3) is 13.8. The van der Waals surface area contributed by atoms with Crippen LogP contribution in [-0.4, -0.2) is 0 Å². The molecule has 4 heteroatoms. The van der Waals surface area contributed by atoms with Gasteiger partial charge in [-0.25, -0.2) is 0 Å². The fraction of sp³-hybridized carbons (Fsp3) is 0.100. The second kappa shape index (κ2) is 27.7. The molecule has 0 saturated carbocycles. The highest BCUT2D eigenvalue weighted by atomic mass is 35.5. The van der Waals surface area contributed by atoms with Crippen LogP contribution in [0.3, 0.4) is 0 Å². The Labute approximate surface area is 508 Å². The van der Waals surface area contributed by atoms with Gasteiger partial charge < -0.3 is 9.80 Å². The highest BCUT2D eigenvalue weighted by Crippen LogP contribution is 2.46. The zero-order valence-corrected chi connectivity index (χ0v) is 50.3. The quantitative estimate of drug-likeness (QED) is 0.0745. The Morgan fingerprint density at radius 3 is 1.05 bits per heavy atom. The van der Waals surface area contributed by atoms with Gasteiger partial charge in [0.15, 0.2) is 0 Å². The van der Waals surface area contributed by atoms with Crippen molar-refractivity contribution in [3.8, 4) is 11.1 Å². The molecule has 10 aromatic rings. The lowest BCUT2D eigenvalue weighted by Crippen LogP contribution is -2.13. The molecular weight excluding hydrogens is 1060 g/mol. The van der Waals surface area contributed by atoms with Crippen LogP contribution in [0, 0.1) is 27.7 Å². The minimum atomic E-state index is 0.624. The maximum atomic E-state index is 7.57. The maximum absolute atomic E-state index is 7.57. The first-order valence-electron chi connectivity index (χ1n) is 29.0. The molecule has 0 spiro atoms. The monoisotopic (exact) mass is 1130 g/mol. The molecule has 0 aliphatic carbocycles. The molecular formula is C80H70Cl2N2. The SMILES string of the molecule is CCc1ccc(N(c2cc(C)c(C(=CC=CC=Cc3ccccc3)c3ccccc3)cc2C)c2ccc(-c3ccc(N(c4ccc(CC)cc4)c4cc(C)c(C(=CC=CC=Cc5ccccc5)c5ccccc5)cc4C)c(Cl)c3)cc2Cl)cc1. The highest BCUT2D eigenvalue weighted by Gasteiger charge is 2.23. The number of anilines is 6. The Hall–Kier alpha value is -9.18. The predicted molar refractivity (Wildman–Crippen MR) is 365 cm³/mol.